The van der Waals surface area contributed by atoms with Crippen LogP contribution in [-0.4, -0.2) is 52.0 Å². The van der Waals surface area contributed by atoms with E-state index in [4.69, 9.17) is 9.47 Å². The molecule has 1 aliphatic heterocycles. The second kappa shape index (κ2) is 14.8. The number of likely N-dealkylation sites (tertiary alicyclic amines) is 1. The SMILES string of the molecule is CC(=O)OC(C)(C)C.CC(=O)[C@H]1CN(C(=O)OC(C)(C)C)CC[C@H]1c1ccccc1.Cc1cccc2cccnc12. The summed E-state index contributed by atoms with van der Waals surface area (Å²) in [6.07, 6.45) is 2.29. The van der Waals surface area contributed by atoms with Crippen LogP contribution in [0.15, 0.2) is 66.9 Å². The minimum absolute atomic E-state index is 0.127. The number of hydrogen-bond donors (Lipinski definition) is 0. The van der Waals surface area contributed by atoms with Gasteiger partial charge >= 0.3 is 12.1 Å². The molecule has 1 amide bonds. The monoisotopic (exact) mass is 562 g/mol. The molecule has 7 heteroatoms. The minimum Gasteiger partial charge on any atom is -0.460 e. The molecule has 0 radical (unpaired) electrons. The third kappa shape index (κ3) is 11.7. The molecule has 2 aromatic carbocycles. The van der Waals surface area contributed by atoms with Crippen LogP contribution in [-0.2, 0) is 19.1 Å². The molecule has 1 aliphatic rings. The summed E-state index contributed by atoms with van der Waals surface area (Å²) in [7, 11) is 0. The molecule has 2 heterocycles. The Morgan fingerprint density at radius 3 is 1.95 bits per heavy atom. The number of carbonyl (C=O) groups excluding carboxylic acids is 3. The van der Waals surface area contributed by atoms with Crippen molar-refractivity contribution in [1.82, 2.24) is 9.88 Å². The summed E-state index contributed by atoms with van der Waals surface area (Å²) >= 11 is 0. The first-order valence-electron chi connectivity index (χ1n) is 14.1. The summed E-state index contributed by atoms with van der Waals surface area (Å²) in [5.74, 6) is -0.0827. The summed E-state index contributed by atoms with van der Waals surface area (Å²) < 4.78 is 10.2. The van der Waals surface area contributed by atoms with Crippen LogP contribution in [0, 0.1) is 12.8 Å². The van der Waals surface area contributed by atoms with Gasteiger partial charge in [-0.3, -0.25) is 14.6 Å². The number of esters is 1. The molecule has 0 N–H and O–H groups in total. The number of carbonyl (C=O) groups is 3. The van der Waals surface area contributed by atoms with E-state index in [9.17, 15) is 14.4 Å². The molecule has 0 saturated carbocycles. The number of para-hydroxylation sites is 1. The number of rotatable bonds is 2. The Bertz CT molecular complexity index is 1290. The van der Waals surface area contributed by atoms with E-state index in [2.05, 4.69) is 48.3 Å². The zero-order valence-corrected chi connectivity index (χ0v) is 26.1. The summed E-state index contributed by atoms with van der Waals surface area (Å²) in [5.41, 5.74) is 2.68. The van der Waals surface area contributed by atoms with Crippen molar-refractivity contribution in [2.45, 2.75) is 85.9 Å². The van der Waals surface area contributed by atoms with E-state index >= 15 is 0 Å². The number of hydrogen-bond acceptors (Lipinski definition) is 6. The molecular weight excluding hydrogens is 516 g/mol. The molecule has 7 nitrogen and oxygen atoms in total. The average molecular weight is 563 g/mol. The van der Waals surface area contributed by atoms with Crippen LogP contribution in [0.1, 0.15) is 78.9 Å². The summed E-state index contributed by atoms with van der Waals surface area (Å²) in [6.45, 7) is 17.2. The fourth-order valence-electron chi connectivity index (χ4n) is 4.64. The van der Waals surface area contributed by atoms with Gasteiger partial charge < -0.3 is 14.4 Å². The zero-order chi connectivity index (χ0) is 30.8. The number of aromatic nitrogens is 1. The van der Waals surface area contributed by atoms with Crippen molar-refractivity contribution in [1.29, 1.82) is 0 Å². The smallest absolute Gasteiger partial charge is 0.410 e. The molecule has 1 fully saturated rings. The van der Waals surface area contributed by atoms with Gasteiger partial charge in [0, 0.05) is 37.5 Å². The topological polar surface area (TPSA) is 85.8 Å². The third-order valence-electron chi connectivity index (χ3n) is 6.30. The number of fused-ring (bicyclic) bond motifs is 1. The van der Waals surface area contributed by atoms with E-state index in [0.717, 1.165) is 11.9 Å². The zero-order valence-electron chi connectivity index (χ0n) is 26.1. The molecule has 0 bridgehead atoms. The van der Waals surface area contributed by atoms with E-state index in [-0.39, 0.29) is 35.3 Å². The Labute approximate surface area is 245 Å². The maximum atomic E-state index is 12.2. The lowest BCUT2D eigenvalue weighted by atomic mass is 9.78. The van der Waals surface area contributed by atoms with Crippen LogP contribution in [0.3, 0.4) is 0 Å². The molecule has 3 aromatic rings. The van der Waals surface area contributed by atoms with Gasteiger partial charge in [0.1, 0.15) is 17.0 Å². The largest absolute Gasteiger partial charge is 0.460 e. The lowest BCUT2D eigenvalue weighted by molar-refractivity contribution is -0.151. The Morgan fingerprint density at radius 2 is 1.44 bits per heavy atom. The van der Waals surface area contributed by atoms with Crippen LogP contribution in [0.4, 0.5) is 4.79 Å². The summed E-state index contributed by atoms with van der Waals surface area (Å²) in [4.78, 5) is 40.5. The molecule has 222 valence electrons. The number of nitrogens with zero attached hydrogens (tertiary/aromatic N) is 2. The van der Waals surface area contributed by atoms with Gasteiger partial charge in [-0.1, -0.05) is 54.6 Å². The molecule has 0 unspecified atom stereocenters. The summed E-state index contributed by atoms with van der Waals surface area (Å²) in [6, 6.07) is 20.3. The van der Waals surface area contributed by atoms with Crippen LogP contribution < -0.4 is 0 Å². The van der Waals surface area contributed by atoms with Gasteiger partial charge in [-0.25, -0.2) is 4.79 Å². The maximum absolute atomic E-state index is 12.2. The van der Waals surface area contributed by atoms with Crippen molar-refractivity contribution in [3.63, 3.8) is 0 Å². The number of aryl methyl sites for hydroxylation is 1. The number of piperidine rings is 1. The number of Topliss-reactive ketones (excluding diaryl/α,β-unsaturated/α-hetero) is 1. The van der Waals surface area contributed by atoms with Crippen molar-refractivity contribution in [2.75, 3.05) is 13.1 Å². The van der Waals surface area contributed by atoms with Gasteiger partial charge in [0.25, 0.3) is 0 Å². The highest BCUT2D eigenvalue weighted by atomic mass is 16.6. The number of benzene rings is 2. The Balaban J connectivity index is 0.000000255. The lowest BCUT2D eigenvalue weighted by Crippen LogP contribution is -2.47. The second-order valence-corrected chi connectivity index (χ2v) is 12.3. The van der Waals surface area contributed by atoms with Crippen molar-refractivity contribution < 1.29 is 23.9 Å². The molecule has 41 heavy (non-hydrogen) atoms. The van der Waals surface area contributed by atoms with E-state index in [1.54, 1.807) is 11.8 Å². The van der Waals surface area contributed by atoms with E-state index < -0.39 is 5.60 Å². The fourth-order valence-corrected chi connectivity index (χ4v) is 4.64. The van der Waals surface area contributed by atoms with Gasteiger partial charge in [0.15, 0.2) is 0 Å². The first-order valence-corrected chi connectivity index (χ1v) is 14.1. The highest BCUT2D eigenvalue weighted by molar-refractivity contribution is 5.81. The number of amides is 1. The first-order chi connectivity index (χ1) is 19.1. The molecular formula is C34H46N2O5. The van der Waals surface area contributed by atoms with Gasteiger partial charge in [-0.2, -0.15) is 0 Å². The maximum Gasteiger partial charge on any atom is 0.410 e. The first kappa shape index (κ1) is 33.5. The van der Waals surface area contributed by atoms with Gasteiger partial charge in [-0.15, -0.1) is 0 Å². The fraction of sp³-hybridized carbons (Fsp3) is 0.471. The van der Waals surface area contributed by atoms with E-state index in [1.807, 2.05) is 72.0 Å². The van der Waals surface area contributed by atoms with Gasteiger partial charge in [0.05, 0.1) is 5.52 Å². The molecule has 4 rings (SSSR count). The molecule has 0 aliphatic carbocycles. The van der Waals surface area contributed by atoms with Crippen LogP contribution in [0.2, 0.25) is 0 Å². The molecule has 1 saturated heterocycles. The minimum atomic E-state index is -0.515. The molecule has 0 spiro atoms. The van der Waals surface area contributed by atoms with Crippen LogP contribution in [0.5, 0.6) is 0 Å². The standard InChI is InChI=1S/C18H25NO3.C10H9N.C6H12O2/c1-13(20)16-12-19(17(21)22-18(2,3)4)11-10-15(16)14-8-6-5-7-9-14;1-8-4-2-5-9-6-3-7-11-10(8)9;1-5(7)8-6(2,3)4/h5-9,15-16H,10-12H2,1-4H3;2-7H,1H3;1-4H3/t15-,16+;;/m0../s1. The molecule has 2 atom stereocenters. The third-order valence-corrected chi connectivity index (χ3v) is 6.30. The Kier molecular flexibility index (Phi) is 12.1. The van der Waals surface area contributed by atoms with Gasteiger partial charge in [-0.05, 0) is 84.9 Å². The Hall–Kier alpha value is -3.74. The summed E-state index contributed by atoms with van der Waals surface area (Å²) in [5, 5.41) is 1.22. The second-order valence-electron chi connectivity index (χ2n) is 12.3. The normalized spacial score (nSPS) is 16.9. The van der Waals surface area contributed by atoms with Crippen LogP contribution >= 0.6 is 0 Å². The van der Waals surface area contributed by atoms with Crippen molar-refractivity contribution in [3.8, 4) is 0 Å². The average Bonchev–Trinajstić information content (AvgIpc) is 2.87. The van der Waals surface area contributed by atoms with Gasteiger partial charge in [0.2, 0.25) is 0 Å². The number of ether oxygens (including phenoxy) is 2. The van der Waals surface area contributed by atoms with E-state index in [0.29, 0.717) is 13.1 Å². The van der Waals surface area contributed by atoms with Crippen molar-refractivity contribution >= 4 is 28.7 Å². The number of ketones is 1. The predicted molar refractivity (Wildman–Crippen MR) is 164 cm³/mol. The predicted octanol–water partition coefficient (Wildman–Crippen LogP) is 7.51. The van der Waals surface area contributed by atoms with Crippen LogP contribution in [0.25, 0.3) is 10.9 Å². The highest BCUT2D eigenvalue weighted by Gasteiger charge is 2.36. The molecule has 1 aromatic heterocycles. The quantitative estimate of drug-likeness (QED) is 0.301. The van der Waals surface area contributed by atoms with Crippen molar-refractivity contribution in [3.05, 3.63) is 78.0 Å². The van der Waals surface area contributed by atoms with Crippen molar-refractivity contribution in [2.24, 2.45) is 5.92 Å². The van der Waals surface area contributed by atoms with E-state index in [1.165, 1.54) is 23.4 Å². The Morgan fingerprint density at radius 1 is 0.829 bits per heavy atom. The lowest BCUT2D eigenvalue weighted by Gasteiger charge is -2.38. The highest BCUT2D eigenvalue weighted by Crippen LogP contribution is 2.34. The number of pyridine rings is 1.